The fourth-order valence-corrected chi connectivity index (χ4v) is 3.38. The molecule has 7 nitrogen and oxygen atoms in total. The SMILES string of the molecule is CC(=O)N1N=C(c2ccc(C)cc2)CC1c1ccc(-c2ccc([N+](=O)[O-])cc2)o1. The Morgan fingerprint density at radius 3 is 2.34 bits per heavy atom. The molecule has 0 bridgehead atoms. The molecule has 146 valence electrons. The van der Waals surface area contributed by atoms with Gasteiger partial charge in [0.25, 0.3) is 5.69 Å². The van der Waals surface area contributed by atoms with Crippen LogP contribution in [0.1, 0.15) is 36.3 Å². The minimum absolute atomic E-state index is 0.0233. The van der Waals surface area contributed by atoms with Gasteiger partial charge in [-0.05, 0) is 36.8 Å². The molecule has 1 aliphatic heterocycles. The third-order valence-corrected chi connectivity index (χ3v) is 4.94. The number of carbonyl (C=O) groups is 1. The van der Waals surface area contributed by atoms with E-state index in [-0.39, 0.29) is 17.6 Å². The Morgan fingerprint density at radius 1 is 1.07 bits per heavy atom. The van der Waals surface area contributed by atoms with E-state index in [2.05, 4.69) is 5.10 Å². The van der Waals surface area contributed by atoms with Crippen molar-refractivity contribution in [1.29, 1.82) is 0 Å². The number of rotatable bonds is 4. The number of nitro benzene ring substituents is 1. The quantitative estimate of drug-likeness (QED) is 0.471. The van der Waals surface area contributed by atoms with Gasteiger partial charge in [0.15, 0.2) is 0 Å². The van der Waals surface area contributed by atoms with Crippen molar-refractivity contribution in [2.45, 2.75) is 26.3 Å². The molecule has 0 aliphatic carbocycles. The largest absolute Gasteiger partial charge is 0.459 e. The van der Waals surface area contributed by atoms with Gasteiger partial charge in [0.1, 0.15) is 17.6 Å². The molecule has 1 aliphatic rings. The maximum Gasteiger partial charge on any atom is 0.269 e. The van der Waals surface area contributed by atoms with Crippen molar-refractivity contribution >= 4 is 17.3 Å². The van der Waals surface area contributed by atoms with Crippen molar-refractivity contribution < 1.29 is 14.1 Å². The Kier molecular flexibility index (Phi) is 4.72. The maximum absolute atomic E-state index is 12.2. The summed E-state index contributed by atoms with van der Waals surface area (Å²) in [7, 11) is 0. The lowest BCUT2D eigenvalue weighted by Crippen LogP contribution is -2.23. The van der Waals surface area contributed by atoms with E-state index in [4.69, 9.17) is 4.42 Å². The van der Waals surface area contributed by atoms with Crippen LogP contribution in [-0.4, -0.2) is 21.6 Å². The molecule has 1 atom stereocenters. The Bertz CT molecular complexity index is 1100. The molecule has 0 N–H and O–H groups in total. The van der Waals surface area contributed by atoms with Gasteiger partial charge in [-0.1, -0.05) is 29.8 Å². The van der Waals surface area contributed by atoms with Gasteiger partial charge in [-0.2, -0.15) is 5.10 Å². The summed E-state index contributed by atoms with van der Waals surface area (Å²) in [5.74, 6) is 1.05. The molecule has 1 unspecified atom stereocenters. The fourth-order valence-electron chi connectivity index (χ4n) is 3.38. The molecule has 2 aromatic carbocycles. The Labute approximate surface area is 167 Å². The number of amides is 1. The highest BCUT2D eigenvalue weighted by Crippen LogP contribution is 2.36. The molecular formula is C22H19N3O4. The number of nitrogens with zero attached hydrogens (tertiary/aromatic N) is 3. The molecule has 29 heavy (non-hydrogen) atoms. The van der Waals surface area contributed by atoms with Crippen molar-refractivity contribution in [3.8, 4) is 11.3 Å². The van der Waals surface area contributed by atoms with Crippen LogP contribution in [0, 0.1) is 17.0 Å². The lowest BCUT2D eigenvalue weighted by Gasteiger charge is -2.17. The van der Waals surface area contributed by atoms with Crippen molar-refractivity contribution in [3.05, 3.63) is 87.7 Å². The van der Waals surface area contributed by atoms with Crippen LogP contribution < -0.4 is 0 Å². The molecule has 4 rings (SSSR count). The monoisotopic (exact) mass is 389 g/mol. The number of benzene rings is 2. The molecule has 1 amide bonds. The average molecular weight is 389 g/mol. The van der Waals surface area contributed by atoms with Crippen molar-refractivity contribution in [2.24, 2.45) is 5.10 Å². The van der Waals surface area contributed by atoms with E-state index < -0.39 is 4.92 Å². The standard InChI is InChI=1S/C22H19N3O4/c1-14-3-5-16(6-4-14)19-13-20(24(23-19)15(2)26)22-12-11-21(29-22)17-7-9-18(10-8-17)25(27)28/h3-12,20H,13H2,1-2H3. The summed E-state index contributed by atoms with van der Waals surface area (Å²) >= 11 is 0. The third kappa shape index (κ3) is 3.67. The van der Waals surface area contributed by atoms with Gasteiger partial charge >= 0.3 is 0 Å². The number of hydrogen-bond acceptors (Lipinski definition) is 5. The summed E-state index contributed by atoms with van der Waals surface area (Å²) in [6.45, 7) is 3.50. The predicted octanol–water partition coefficient (Wildman–Crippen LogP) is 4.86. The van der Waals surface area contributed by atoms with Gasteiger partial charge in [0, 0.05) is 31.0 Å². The highest BCUT2D eigenvalue weighted by Gasteiger charge is 2.33. The normalized spacial score (nSPS) is 16.0. The van der Waals surface area contributed by atoms with Crippen LogP contribution in [0.3, 0.4) is 0 Å². The lowest BCUT2D eigenvalue weighted by molar-refractivity contribution is -0.384. The smallest absolute Gasteiger partial charge is 0.269 e. The molecule has 0 saturated heterocycles. The number of nitro groups is 1. The van der Waals surface area contributed by atoms with Gasteiger partial charge in [-0.15, -0.1) is 0 Å². The number of aryl methyl sites for hydroxylation is 1. The molecular weight excluding hydrogens is 370 g/mol. The van der Waals surface area contributed by atoms with E-state index >= 15 is 0 Å². The van der Waals surface area contributed by atoms with Crippen molar-refractivity contribution in [2.75, 3.05) is 0 Å². The zero-order chi connectivity index (χ0) is 20.5. The lowest BCUT2D eigenvalue weighted by atomic mass is 10.0. The molecule has 0 fully saturated rings. The second kappa shape index (κ2) is 7.35. The molecule has 0 radical (unpaired) electrons. The summed E-state index contributed by atoms with van der Waals surface area (Å²) in [5.41, 5.74) is 3.72. The van der Waals surface area contributed by atoms with E-state index in [1.54, 1.807) is 18.2 Å². The number of hydrogen-bond donors (Lipinski definition) is 0. The molecule has 2 heterocycles. The zero-order valence-corrected chi connectivity index (χ0v) is 16.0. The molecule has 3 aromatic rings. The number of hydrazone groups is 1. The molecule has 0 spiro atoms. The number of furan rings is 1. The van der Waals surface area contributed by atoms with Crippen LogP contribution in [0.4, 0.5) is 5.69 Å². The maximum atomic E-state index is 12.2. The zero-order valence-electron chi connectivity index (χ0n) is 16.0. The minimum Gasteiger partial charge on any atom is -0.459 e. The van der Waals surface area contributed by atoms with Crippen LogP contribution >= 0.6 is 0 Å². The van der Waals surface area contributed by atoms with Gasteiger partial charge in [-0.3, -0.25) is 14.9 Å². The van der Waals surface area contributed by atoms with Crippen LogP contribution in [0.15, 0.2) is 70.2 Å². The Hall–Kier alpha value is -3.74. The molecule has 1 aromatic heterocycles. The second-order valence-electron chi connectivity index (χ2n) is 7.00. The number of carbonyl (C=O) groups excluding carboxylic acids is 1. The van der Waals surface area contributed by atoms with Crippen molar-refractivity contribution in [1.82, 2.24) is 5.01 Å². The molecule has 7 heteroatoms. The van der Waals surface area contributed by atoms with E-state index in [1.807, 2.05) is 37.3 Å². The minimum atomic E-state index is -0.440. The summed E-state index contributed by atoms with van der Waals surface area (Å²) in [4.78, 5) is 22.5. The van der Waals surface area contributed by atoms with E-state index in [9.17, 15) is 14.9 Å². The topological polar surface area (TPSA) is 89.0 Å². The second-order valence-corrected chi connectivity index (χ2v) is 7.00. The van der Waals surface area contributed by atoms with Crippen LogP contribution in [0.2, 0.25) is 0 Å². The highest BCUT2D eigenvalue weighted by molar-refractivity contribution is 6.03. The van der Waals surface area contributed by atoms with E-state index in [0.29, 0.717) is 17.9 Å². The predicted molar refractivity (Wildman–Crippen MR) is 108 cm³/mol. The van der Waals surface area contributed by atoms with Gasteiger partial charge in [0.2, 0.25) is 5.91 Å². The van der Waals surface area contributed by atoms with Gasteiger partial charge in [-0.25, -0.2) is 5.01 Å². The van der Waals surface area contributed by atoms with Crippen LogP contribution in [-0.2, 0) is 4.79 Å². The number of non-ortho nitro benzene ring substituents is 1. The Balaban J connectivity index is 1.60. The average Bonchev–Trinajstić information content (AvgIpc) is 3.36. The van der Waals surface area contributed by atoms with Gasteiger partial charge in [0.05, 0.1) is 10.6 Å². The van der Waals surface area contributed by atoms with Gasteiger partial charge < -0.3 is 4.42 Å². The first-order valence-electron chi connectivity index (χ1n) is 9.21. The van der Waals surface area contributed by atoms with E-state index in [0.717, 1.165) is 22.4 Å². The highest BCUT2D eigenvalue weighted by atomic mass is 16.6. The first kappa shape index (κ1) is 18.6. The van der Waals surface area contributed by atoms with E-state index in [1.165, 1.54) is 24.1 Å². The van der Waals surface area contributed by atoms with Crippen LogP contribution in [0.5, 0.6) is 0 Å². The summed E-state index contributed by atoms with van der Waals surface area (Å²) in [6.07, 6.45) is 0.551. The third-order valence-electron chi connectivity index (χ3n) is 4.94. The van der Waals surface area contributed by atoms with Crippen molar-refractivity contribution in [3.63, 3.8) is 0 Å². The molecule has 0 saturated carbocycles. The first-order chi connectivity index (χ1) is 13.9. The summed E-state index contributed by atoms with van der Waals surface area (Å²) in [5, 5.41) is 16.8. The fraction of sp³-hybridized carbons (Fsp3) is 0.182. The summed E-state index contributed by atoms with van der Waals surface area (Å²) in [6, 6.07) is 17.5. The summed E-state index contributed by atoms with van der Waals surface area (Å²) < 4.78 is 6.00. The Morgan fingerprint density at radius 2 is 1.72 bits per heavy atom. The van der Waals surface area contributed by atoms with Crippen LogP contribution in [0.25, 0.3) is 11.3 Å². The first-order valence-corrected chi connectivity index (χ1v) is 9.21.